The molecule has 198 valence electrons. The van der Waals surface area contributed by atoms with Gasteiger partial charge in [-0.05, 0) is 56.8 Å². The standard InChI is InChI=1S/C17H17NO3.C3H9P.2C3H6.2C2H6/c1-13-11-18(17(19)20-13)12-14-7-9-16(10-8-14)21-15-5-3-2-4-6-15;1-2-3-4;2*1-3-2;2*1-2/h2-10,13H,11-12H2,1H3;2-4H2,1H3;2*3H,1H2,2H3;2*1-2H3. The van der Waals surface area contributed by atoms with Gasteiger partial charge in [-0.2, -0.15) is 0 Å². The van der Waals surface area contributed by atoms with E-state index < -0.39 is 0 Å². The lowest BCUT2D eigenvalue weighted by Crippen LogP contribution is -2.24. The number of ether oxygens (including phenoxy) is 2. The Bertz CT molecular complexity index is 725. The zero-order valence-electron chi connectivity index (χ0n) is 23.4. The van der Waals surface area contributed by atoms with Crippen LogP contribution in [0, 0.1) is 0 Å². The van der Waals surface area contributed by atoms with Crippen molar-refractivity contribution < 1.29 is 14.3 Å². The van der Waals surface area contributed by atoms with Gasteiger partial charge in [0.05, 0.1) is 6.54 Å². The second-order valence-electron chi connectivity index (χ2n) is 6.74. The Balaban J connectivity index is -0.000000616. The largest absolute Gasteiger partial charge is 0.457 e. The maximum absolute atomic E-state index is 11.6. The van der Waals surface area contributed by atoms with Crippen LogP contribution in [0.3, 0.4) is 0 Å². The van der Waals surface area contributed by atoms with Crippen molar-refractivity contribution in [2.75, 3.05) is 12.7 Å². The molecule has 2 aromatic carbocycles. The van der Waals surface area contributed by atoms with Crippen LogP contribution >= 0.6 is 9.24 Å². The number of nitrogens with zero attached hydrogens (tertiary/aromatic N) is 1. The van der Waals surface area contributed by atoms with E-state index in [1.807, 2.05) is 103 Å². The van der Waals surface area contributed by atoms with Crippen molar-refractivity contribution in [1.29, 1.82) is 0 Å². The minimum absolute atomic E-state index is 0.0295. The van der Waals surface area contributed by atoms with E-state index in [1.165, 1.54) is 12.6 Å². The monoisotopic (exact) mass is 503 g/mol. The fourth-order valence-corrected chi connectivity index (χ4v) is 2.31. The van der Waals surface area contributed by atoms with Crippen molar-refractivity contribution in [2.45, 2.75) is 74.5 Å². The molecule has 35 heavy (non-hydrogen) atoms. The summed E-state index contributed by atoms with van der Waals surface area (Å²) in [6, 6.07) is 17.4. The van der Waals surface area contributed by atoms with Crippen LogP contribution in [0.1, 0.15) is 67.4 Å². The summed E-state index contributed by atoms with van der Waals surface area (Å²) < 4.78 is 10.8. The van der Waals surface area contributed by atoms with Crippen molar-refractivity contribution in [2.24, 2.45) is 0 Å². The molecule has 0 aromatic heterocycles. The van der Waals surface area contributed by atoms with Crippen LogP contribution in [0.2, 0.25) is 0 Å². The minimum Gasteiger partial charge on any atom is -0.457 e. The van der Waals surface area contributed by atoms with Gasteiger partial charge >= 0.3 is 6.09 Å². The Morgan fingerprint density at radius 1 is 0.971 bits per heavy atom. The highest BCUT2D eigenvalue weighted by atomic mass is 31.0. The molecule has 0 spiro atoms. The van der Waals surface area contributed by atoms with E-state index in [4.69, 9.17) is 9.47 Å². The second-order valence-corrected chi connectivity index (χ2v) is 7.32. The molecule has 1 amide bonds. The number of para-hydroxylation sites is 1. The van der Waals surface area contributed by atoms with E-state index in [0.29, 0.717) is 13.1 Å². The van der Waals surface area contributed by atoms with E-state index in [9.17, 15) is 4.79 Å². The molecule has 1 heterocycles. The van der Waals surface area contributed by atoms with Crippen molar-refractivity contribution in [3.8, 4) is 11.5 Å². The van der Waals surface area contributed by atoms with Gasteiger partial charge in [-0.1, -0.05) is 83.5 Å². The average Bonchev–Trinajstić information content (AvgIpc) is 3.21. The number of carbonyl (C=O) groups is 1. The Morgan fingerprint density at radius 3 is 1.77 bits per heavy atom. The molecule has 1 fully saturated rings. The van der Waals surface area contributed by atoms with Gasteiger partial charge in [-0.25, -0.2) is 4.79 Å². The topological polar surface area (TPSA) is 38.8 Å². The fraction of sp³-hybridized carbons (Fsp3) is 0.433. The zero-order valence-corrected chi connectivity index (χ0v) is 24.6. The summed E-state index contributed by atoms with van der Waals surface area (Å²) in [7, 11) is 2.66. The van der Waals surface area contributed by atoms with Crippen LogP contribution in [-0.2, 0) is 11.3 Å². The minimum atomic E-state index is -0.243. The number of cyclic esters (lactones) is 1. The smallest absolute Gasteiger partial charge is 0.410 e. The number of allylic oxidation sites excluding steroid dienone is 2. The molecular weight excluding hydrogens is 453 g/mol. The molecule has 0 bridgehead atoms. The number of rotatable bonds is 5. The lowest BCUT2D eigenvalue weighted by atomic mass is 10.2. The number of benzene rings is 2. The third-order valence-corrected chi connectivity index (χ3v) is 4.18. The van der Waals surface area contributed by atoms with E-state index in [2.05, 4.69) is 29.3 Å². The zero-order chi connectivity index (χ0) is 27.5. The molecule has 0 radical (unpaired) electrons. The van der Waals surface area contributed by atoms with Gasteiger partial charge in [-0.15, -0.1) is 22.4 Å². The summed E-state index contributed by atoms with van der Waals surface area (Å²) in [6.45, 7) is 23.8. The van der Waals surface area contributed by atoms with Crippen LogP contribution < -0.4 is 4.74 Å². The van der Waals surface area contributed by atoms with Crippen LogP contribution in [0.25, 0.3) is 0 Å². The molecule has 2 atom stereocenters. The predicted octanol–water partition coefficient (Wildman–Crippen LogP) is 9.53. The Hall–Kier alpha value is -2.58. The summed E-state index contributed by atoms with van der Waals surface area (Å²) in [6.07, 6.45) is 5.75. The molecule has 5 heteroatoms. The summed E-state index contributed by atoms with van der Waals surface area (Å²) in [4.78, 5) is 13.3. The van der Waals surface area contributed by atoms with Gasteiger partial charge in [0.1, 0.15) is 17.6 Å². The van der Waals surface area contributed by atoms with E-state index in [0.717, 1.165) is 17.1 Å². The molecular formula is C30H50NO3P. The third kappa shape index (κ3) is 20.5. The van der Waals surface area contributed by atoms with E-state index in [1.54, 1.807) is 17.1 Å². The first-order valence-electron chi connectivity index (χ1n) is 12.6. The highest BCUT2D eigenvalue weighted by molar-refractivity contribution is 7.16. The van der Waals surface area contributed by atoms with Gasteiger partial charge in [-0.3, -0.25) is 0 Å². The maximum Gasteiger partial charge on any atom is 0.410 e. The second kappa shape index (κ2) is 27.7. The van der Waals surface area contributed by atoms with Gasteiger partial charge in [0.2, 0.25) is 0 Å². The van der Waals surface area contributed by atoms with Gasteiger partial charge in [0.25, 0.3) is 0 Å². The Kier molecular flexibility index (Phi) is 29.2. The molecule has 2 unspecified atom stereocenters. The number of amides is 1. The van der Waals surface area contributed by atoms with Gasteiger partial charge in [0.15, 0.2) is 0 Å². The fourth-order valence-electron chi connectivity index (χ4n) is 2.31. The van der Waals surface area contributed by atoms with Crippen molar-refractivity contribution >= 4 is 15.3 Å². The molecule has 1 aliphatic heterocycles. The highest BCUT2D eigenvalue weighted by Crippen LogP contribution is 2.22. The van der Waals surface area contributed by atoms with Crippen LogP contribution in [-0.4, -0.2) is 29.8 Å². The molecule has 2 aromatic rings. The summed E-state index contributed by atoms with van der Waals surface area (Å²) >= 11 is 0. The molecule has 0 N–H and O–H groups in total. The first kappa shape index (κ1) is 37.0. The van der Waals surface area contributed by atoms with Crippen molar-refractivity contribution in [3.63, 3.8) is 0 Å². The summed E-state index contributed by atoms with van der Waals surface area (Å²) in [5, 5.41) is 0. The van der Waals surface area contributed by atoms with Gasteiger partial charge in [0, 0.05) is 6.54 Å². The molecule has 3 rings (SSSR count). The van der Waals surface area contributed by atoms with Crippen LogP contribution in [0.15, 0.2) is 79.9 Å². The number of hydrogen-bond acceptors (Lipinski definition) is 3. The number of carbonyl (C=O) groups excluding carboxylic acids is 1. The summed E-state index contributed by atoms with van der Waals surface area (Å²) in [5.74, 6) is 1.59. The third-order valence-electron chi connectivity index (χ3n) is 3.60. The molecule has 4 nitrogen and oxygen atoms in total. The summed E-state index contributed by atoms with van der Waals surface area (Å²) in [5.41, 5.74) is 1.06. The number of hydrogen-bond donors (Lipinski definition) is 0. The normalized spacial score (nSPS) is 12.5. The van der Waals surface area contributed by atoms with E-state index in [-0.39, 0.29) is 12.2 Å². The Morgan fingerprint density at radius 2 is 1.40 bits per heavy atom. The van der Waals surface area contributed by atoms with Crippen molar-refractivity contribution in [1.82, 2.24) is 4.90 Å². The van der Waals surface area contributed by atoms with Gasteiger partial charge < -0.3 is 14.4 Å². The first-order valence-corrected chi connectivity index (χ1v) is 13.4. The van der Waals surface area contributed by atoms with Crippen molar-refractivity contribution in [3.05, 3.63) is 85.5 Å². The molecule has 0 aliphatic carbocycles. The highest BCUT2D eigenvalue weighted by Gasteiger charge is 2.27. The lowest BCUT2D eigenvalue weighted by molar-refractivity contribution is 0.137. The molecule has 1 saturated heterocycles. The lowest BCUT2D eigenvalue weighted by Gasteiger charge is -2.13. The first-order chi connectivity index (χ1) is 16.9. The molecule has 0 saturated carbocycles. The van der Waals surface area contributed by atoms with Crippen LogP contribution in [0.5, 0.6) is 11.5 Å². The average molecular weight is 504 g/mol. The SMILES string of the molecule is C=CC.C=CC.CC.CC.CC1CN(Cc2ccc(Oc3ccccc3)cc2)C(=O)O1.CCCP. The van der Waals surface area contributed by atoms with Crippen LogP contribution in [0.4, 0.5) is 4.79 Å². The predicted molar refractivity (Wildman–Crippen MR) is 159 cm³/mol. The quantitative estimate of drug-likeness (QED) is 0.301. The molecule has 1 aliphatic rings. The Labute approximate surface area is 218 Å². The maximum atomic E-state index is 11.6. The van der Waals surface area contributed by atoms with E-state index >= 15 is 0 Å².